The first-order valence-electron chi connectivity index (χ1n) is 4.11. The molecule has 0 unspecified atom stereocenters. The van der Waals surface area contributed by atoms with Crippen LogP contribution in [0.2, 0.25) is 0 Å². The molecule has 0 saturated carbocycles. The highest BCUT2D eigenvalue weighted by Crippen LogP contribution is 2.27. The summed E-state index contributed by atoms with van der Waals surface area (Å²) in [6.45, 7) is -1.41. The van der Waals surface area contributed by atoms with Gasteiger partial charge in [-0.3, -0.25) is 9.36 Å². The second kappa shape index (κ2) is 3.48. The van der Waals surface area contributed by atoms with Crippen LogP contribution in [0.25, 0.3) is 10.3 Å². The fourth-order valence-corrected chi connectivity index (χ4v) is 2.01. The van der Waals surface area contributed by atoms with Crippen LogP contribution in [0.3, 0.4) is 0 Å². The number of thiazole rings is 1. The second-order valence-corrected chi connectivity index (χ2v) is 3.93. The van der Waals surface area contributed by atoms with Gasteiger partial charge in [0.2, 0.25) is 0 Å². The first kappa shape index (κ1) is 10.9. The summed E-state index contributed by atoms with van der Waals surface area (Å²) in [6.07, 6.45) is -4.50. The zero-order valence-corrected chi connectivity index (χ0v) is 8.47. The molecular formula is C8H5F3N2O2S. The number of hydrogen-bond acceptors (Lipinski definition) is 4. The van der Waals surface area contributed by atoms with Gasteiger partial charge in [-0.2, -0.15) is 13.2 Å². The minimum absolute atomic E-state index is 0.146. The number of rotatable bonds is 1. The summed E-state index contributed by atoms with van der Waals surface area (Å²) < 4.78 is 37.3. The molecule has 0 amide bonds. The lowest BCUT2D eigenvalue weighted by atomic mass is 10.4. The molecule has 0 bridgehead atoms. The molecule has 2 aromatic heterocycles. The van der Waals surface area contributed by atoms with E-state index in [1.54, 1.807) is 0 Å². The van der Waals surface area contributed by atoms with Crippen molar-refractivity contribution < 1.29 is 18.3 Å². The van der Waals surface area contributed by atoms with Gasteiger partial charge in [-0.15, -0.1) is 11.3 Å². The SMILES string of the molecule is O=c1cc(O)c2scnc2n1CC(F)(F)F. The molecule has 2 rings (SSSR count). The Balaban J connectivity index is 2.69. The summed E-state index contributed by atoms with van der Waals surface area (Å²) in [7, 11) is 0. The van der Waals surface area contributed by atoms with Gasteiger partial charge in [0.25, 0.3) is 5.56 Å². The van der Waals surface area contributed by atoms with E-state index in [0.717, 1.165) is 17.4 Å². The summed E-state index contributed by atoms with van der Waals surface area (Å²) in [6, 6.07) is 0.756. The van der Waals surface area contributed by atoms with Crippen LogP contribution < -0.4 is 5.56 Å². The molecule has 1 N–H and O–H groups in total. The largest absolute Gasteiger partial charge is 0.506 e. The fraction of sp³-hybridized carbons (Fsp3) is 0.250. The van der Waals surface area contributed by atoms with Gasteiger partial charge in [0.1, 0.15) is 17.0 Å². The van der Waals surface area contributed by atoms with Crippen LogP contribution in [0.1, 0.15) is 0 Å². The van der Waals surface area contributed by atoms with E-state index >= 15 is 0 Å². The van der Waals surface area contributed by atoms with Crippen molar-refractivity contribution >= 4 is 21.7 Å². The Labute approximate surface area is 90.6 Å². The molecule has 4 nitrogen and oxygen atoms in total. The van der Waals surface area contributed by atoms with E-state index in [0.29, 0.717) is 4.57 Å². The highest BCUT2D eigenvalue weighted by molar-refractivity contribution is 7.17. The summed E-state index contributed by atoms with van der Waals surface area (Å²) in [5.74, 6) is -0.346. The van der Waals surface area contributed by atoms with Crippen LogP contribution in [-0.2, 0) is 6.54 Å². The number of pyridine rings is 1. The van der Waals surface area contributed by atoms with E-state index in [-0.39, 0.29) is 16.1 Å². The van der Waals surface area contributed by atoms with Gasteiger partial charge >= 0.3 is 6.18 Å². The number of hydrogen-bond donors (Lipinski definition) is 1. The third-order valence-electron chi connectivity index (χ3n) is 1.90. The lowest BCUT2D eigenvalue weighted by Crippen LogP contribution is -2.27. The van der Waals surface area contributed by atoms with E-state index in [1.165, 1.54) is 5.51 Å². The zero-order valence-electron chi connectivity index (χ0n) is 7.65. The van der Waals surface area contributed by atoms with Crippen molar-refractivity contribution in [2.24, 2.45) is 0 Å². The van der Waals surface area contributed by atoms with Gasteiger partial charge < -0.3 is 5.11 Å². The van der Waals surface area contributed by atoms with Crippen molar-refractivity contribution in [3.8, 4) is 5.75 Å². The molecule has 8 heteroatoms. The molecule has 0 atom stereocenters. The van der Waals surface area contributed by atoms with Gasteiger partial charge in [0.05, 0.1) is 5.51 Å². The van der Waals surface area contributed by atoms with Crippen LogP contribution in [-0.4, -0.2) is 20.8 Å². The third-order valence-corrected chi connectivity index (χ3v) is 2.74. The number of alkyl halides is 3. The topological polar surface area (TPSA) is 55.1 Å². The van der Waals surface area contributed by atoms with Crippen LogP contribution >= 0.6 is 11.3 Å². The lowest BCUT2D eigenvalue weighted by Gasteiger charge is -2.09. The van der Waals surface area contributed by atoms with Crippen LogP contribution in [0, 0.1) is 0 Å². The molecule has 0 aromatic carbocycles. The van der Waals surface area contributed by atoms with Gasteiger partial charge in [-0.1, -0.05) is 0 Å². The Morgan fingerprint density at radius 2 is 2.19 bits per heavy atom. The van der Waals surface area contributed by atoms with E-state index in [2.05, 4.69) is 4.98 Å². The first-order valence-corrected chi connectivity index (χ1v) is 4.99. The Bertz CT molecular complexity index is 587. The molecule has 0 saturated heterocycles. The van der Waals surface area contributed by atoms with Gasteiger partial charge in [0, 0.05) is 6.07 Å². The van der Waals surface area contributed by atoms with Gasteiger partial charge in [-0.05, 0) is 0 Å². The molecular weight excluding hydrogens is 245 g/mol. The number of nitrogens with zero attached hydrogens (tertiary/aromatic N) is 2. The molecule has 16 heavy (non-hydrogen) atoms. The standard InChI is InChI=1S/C8H5F3N2O2S/c9-8(10,11)2-13-5(15)1-4(14)6-7(13)12-3-16-6/h1,3,14H,2H2. The number of halogens is 3. The van der Waals surface area contributed by atoms with Gasteiger partial charge in [-0.25, -0.2) is 4.98 Å². The lowest BCUT2D eigenvalue weighted by molar-refractivity contribution is -0.140. The van der Waals surface area contributed by atoms with E-state index in [4.69, 9.17) is 0 Å². The normalized spacial score (nSPS) is 12.2. The van der Waals surface area contributed by atoms with Crippen LogP contribution in [0.15, 0.2) is 16.4 Å². The second-order valence-electron chi connectivity index (χ2n) is 3.07. The Morgan fingerprint density at radius 1 is 1.50 bits per heavy atom. The Morgan fingerprint density at radius 3 is 2.81 bits per heavy atom. The molecule has 2 heterocycles. The summed E-state index contributed by atoms with van der Waals surface area (Å²) in [4.78, 5) is 14.9. The smallest absolute Gasteiger partial charge is 0.406 e. The minimum atomic E-state index is -4.50. The summed E-state index contributed by atoms with van der Waals surface area (Å²) >= 11 is 0.975. The monoisotopic (exact) mass is 250 g/mol. The van der Waals surface area contributed by atoms with Gasteiger partial charge in [0.15, 0.2) is 5.65 Å². The third kappa shape index (κ3) is 1.87. The molecule has 0 radical (unpaired) electrons. The van der Waals surface area contributed by atoms with Crippen molar-refractivity contribution in [2.75, 3.05) is 0 Å². The van der Waals surface area contributed by atoms with Crippen LogP contribution in [0.4, 0.5) is 13.2 Å². The molecule has 0 spiro atoms. The van der Waals surface area contributed by atoms with Crippen molar-refractivity contribution in [1.29, 1.82) is 0 Å². The Hall–Kier alpha value is -1.57. The Kier molecular flexibility index (Phi) is 2.38. The molecule has 0 fully saturated rings. The summed E-state index contributed by atoms with van der Waals surface area (Å²) in [5, 5.41) is 9.34. The molecule has 2 aromatic rings. The fourth-order valence-electron chi connectivity index (χ4n) is 1.30. The average molecular weight is 250 g/mol. The predicted octanol–water partition coefficient (Wildman–Crippen LogP) is 1.73. The van der Waals surface area contributed by atoms with E-state index < -0.39 is 18.3 Å². The summed E-state index contributed by atoms with van der Waals surface area (Å²) in [5.41, 5.74) is 0.206. The molecule has 0 aliphatic rings. The zero-order chi connectivity index (χ0) is 11.9. The quantitative estimate of drug-likeness (QED) is 0.838. The molecule has 0 aliphatic heterocycles. The maximum absolute atomic E-state index is 12.2. The van der Waals surface area contributed by atoms with Crippen molar-refractivity contribution in [3.05, 3.63) is 21.9 Å². The van der Waals surface area contributed by atoms with E-state index in [9.17, 15) is 23.1 Å². The molecule has 0 aliphatic carbocycles. The van der Waals surface area contributed by atoms with Crippen LogP contribution in [0.5, 0.6) is 5.75 Å². The maximum atomic E-state index is 12.2. The highest BCUT2D eigenvalue weighted by Gasteiger charge is 2.30. The van der Waals surface area contributed by atoms with Crippen molar-refractivity contribution in [2.45, 2.75) is 12.7 Å². The number of fused-ring (bicyclic) bond motifs is 1. The van der Waals surface area contributed by atoms with Crippen molar-refractivity contribution in [3.63, 3.8) is 0 Å². The van der Waals surface area contributed by atoms with Crippen molar-refractivity contribution in [1.82, 2.24) is 9.55 Å². The predicted molar refractivity (Wildman–Crippen MR) is 51.6 cm³/mol. The van der Waals surface area contributed by atoms with E-state index in [1.807, 2.05) is 0 Å². The minimum Gasteiger partial charge on any atom is -0.506 e. The number of aromatic hydroxyl groups is 1. The first-order chi connectivity index (χ1) is 7.38. The maximum Gasteiger partial charge on any atom is 0.406 e. The average Bonchev–Trinajstić information content (AvgIpc) is 2.59. The highest BCUT2D eigenvalue weighted by atomic mass is 32.1. The molecule has 86 valence electrons. The number of aromatic nitrogens is 2.